The molecule has 1 aliphatic carbocycles. The molecule has 4 heteroatoms. The molecule has 1 heterocycles. The first kappa shape index (κ1) is 13.3. The second-order valence-corrected chi connectivity index (χ2v) is 5.49. The Morgan fingerprint density at radius 1 is 1.29 bits per heavy atom. The minimum atomic E-state index is -0.765. The van der Waals surface area contributed by atoms with Crippen molar-refractivity contribution < 1.29 is 14.6 Å². The zero-order chi connectivity index (χ0) is 12.4. The van der Waals surface area contributed by atoms with Crippen molar-refractivity contribution in [1.82, 2.24) is 0 Å². The van der Waals surface area contributed by atoms with Gasteiger partial charge in [0.15, 0.2) is 0 Å². The van der Waals surface area contributed by atoms with Gasteiger partial charge in [0.2, 0.25) is 0 Å². The summed E-state index contributed by atoms with van der Waals surface area (Å²) < 4.78 is 11.0. The van der Waals surface area contributed by atoms with E-state index >= 15 is 0 Å². The average molecular weight is 243 g/mol. The maximum atomic E-state index is 11.1. The first-order chi connectivity index (χ1) is 8.18. The number of aliphatic hydroxyl groups is 1. The smallest absolute Gasteiger partial charge is 0.0977 e. The Balaban J connectivity index is 2.25. The highest BCUT2D eigenvalue weighted by Crippen LogP contribution is 2.48. The summed E-state index contributed by atoms with van der Waals surface area (Å²) in [6.07, 6.45) is 5.58. The molecular weight excluding hydrogens is 218 g/mol. The molecule has 0 aromatic carbocycles. The van der Waals surface area contributed by atoms with Crippen LogP contribution in [0.3, 0.4) is 0 Å². The van der Waals surface area contributed by atoms with Gasteiger partial charge < -0.3 is 20.3 Å². The summed E-state index contributed by atoms with van der Waals surface area (Å²) in [6.45, 7) is 1.93. The third-order valence-electron chi connectivity index (χ3n) is 4.85. The maximum Gasteiger partial charge on any atom is 0.0977 e. The first-order valence-corrected chi connectivity index (χ1v) is 6.71. The van der Waals surface area contributed by atoms with Crippen molar-refractivity contribution in [3.05, 3.63) is 0 Å². The average Bonchev–Trinajstić information content (AvgIpc) is 2.40. The van der Waals surface area contributed by atoms with E-state index in [9.17, 15) is 5.11 Å². The van der Waals surface area contributed by atoms with Crippen LogP contribution in [-0.4, -0.2) is 43.7 Å². The molecule has 100 valence electrons. The normalized spacial score (nSPS) is 37.9. The molecule has 1 saturated heterocycles. The van der Waals surface area contributed by atoms with Crippen LogP contribution >= 0.6 is 0 Å². The summed E-state index contributed by atoms with van der Waals surface area (Å²) in [5.41, 5.74) is 5.02. The molecule has 4 nitrogen and oxygen atoms in total. The van der Waals surface area contributed by atoms with Crippen molar-refractivity contribution >= 4 is 0 Å². The van der Waals surface area contributed by atoms with Crippen molar-refractivity contribution in [2.75, 3.05) is 26.9 Å². The molecule has 0 radical (unpaired) electrons. The van der Waals surface area contributed by atoms with Crippen LogP contribution in [0.5, 0.6) is 0 Å². The molecule has 2 aliphatic rings. The molecule has 17 heavy (non-hydrogen) atoms. The summed E-state index contributed by atoms with van der Waals surface area (Å²) in [5, 5.41) is 11.1. The number of methoxy groups -OCH3 is 1. The third kappa shape index (κ3) is 2.12. The van der Waals surface area contributed by atoms with Crippen LogP contribution in [0.25, 0.3) is 0 Å². The Hall–Kier alpha value is -0.160. The van der Waals surface area contributed by atoms with E-state index in [1.165, 1.54) is 0 Å². The van der Waals surface area contributed by atoms with Crippen molar-refractivity contribution in [2.24, 2.45) is 11.1 Å². The van der Waals surface area contributed by atoms with Crippen LogP contribution in [-0.2, 0) is 9.47 Å². The Bertz CT molecular complexity index is 253. The third-order valence-corrected chi connectivity index (χ3v) is 4.85. The zero-order valence-corrected chi connectivity index (χ0v) is 10.8. The highest BCUT2D eigenvalue weighted by Gasteiger charge is 2.55. The molecule has 2 fully saturated rings. The lowest BCUT2D eigenvalue weighted by Gasteiger charge is -2.54. The molecule has 2 rings (SSSR count). The van der Waals surface area contributed by atoms with Crippen LogP contribution in [0, 0.1) is 5.41 Å². The lowest BCUT2D eigenvalue weighted by atomic mass is 9.60. The minimum absolute atomic E-state index is 0.0714. The minimum Gasteiger partial charge on any atom is -0.387 e. The fourth-order valence-electron chi connectivity index (χ4n) is 3.62. The van der Waals surface area contributed by atoms with E-state index in [1.807, 2.05) is 0 Å². The quantitative estimate of drug-likeness (QED) is 0.778. The van der Waals surface area contributed by atoms with E-state index in [0.29, 0.717) is 19.8 Å². The second kappa shape index (κ2) is 5.22. The van der Waals surface area contributed by atoms with E-state index in [4.69, 9.17) is 15.2 Å². The number of nitrogens with two attached hydrogens (primary N) is 1. The fourth-order valence-corrected chi connectivity index (χ4v) is 3.62. The van der Waals surface area contributed by atoms with E-state index in [2.05, 4.69) is 0 Å². The van der Waals surface area contributed by atoms with Crippen molar-refractivity contribution in [3.63, 3.8) is 0 Å². The molecule has 0 aromatic heterocycles. The predicted octanol–water partition coefficient (Wildman–Crippen LogP) is 1.06. The molecule has 1 aliphatic heterocycles. The van der Waals surface area contributed by atoms with Crippen LogP contribution in [0.4, 0.5) is 0 Å². The number of hydrogen-bond acceptors (Lipinski definition) is 4. The Labute approximate surface area is 103 Å². The second-order valence-electron chi connectivity index (χ2n) is 5.49. The van der Waals surface area contributed by atoms with Crippen molar-refractivity contribution in [2.45, 2.75) is 50.2 Å². The summed E-state index contributed by atoms with van der Waals surface area (Å²) >= 11 is 0. The predicted molar refractivity (Wildman–Crippen MR) is 65.8 cm³/mol. The fraction of sp³-hybridized carbons (Fsp3) is 1.00. The summed E-state index contributed by atoms with van der Waals surface area (Å²) in [7, 11) is 1.70. The molecule has 0 aromatic rings. The Kier molecular flexibility index (Phi) is 4.08. The van der Waals surface area contributed by atoms with E-state index in [0.717, 1.165) is 38.5 Å². The van der Waals surface area contributed by atoms with Gasteiger partial charge in [-0.05, 0) is 25.7 Å². The van der Waals surface area contributed by atoms with E-state index in [-0.39, 0.29) is 11.5 Å². The molecule has 0 bridgehead atoms. The summed E-state index contributed by atoms with van der Waals surface area (Å²) in [5.74, 6) is 0. The monoisotopic (exact) mass is 243 g/mol. The van der Waals surface area contributed by atoms with Gasteiger partial charge in [0.1, 0.15) is 0 Å². The molecule has 1 saturated carbocycles. The van der Waals surface area contributed by atoms with E-state index < -0.39 is 5.60 Å². The van der Waals surface area contributed by atoms with Gasteiger partial charge in [0.25, 0.3) is 0 Å². The number of hydrogen-bond donors (Lipinski definition) is 2. The number of rotatable bonds is 3. The van der Waals surface area contributed by atoms with Gasteiger partial charge in [-0.1, -0.05) is 12.8 Å². The first-order valence-electron chi connectivity index (χ1n) is 6.71. The largest absolute Gasteiger partial charge is 0.387 e. The van der Waals surface area contributed by atoms with Gasteiger partial charge in [-0.25, -0.2) is 0 Å². The molecule has 2 atom stereocenters. The zero-order valence-electron chi connectivity index (χ0n) is 10.8. The SMILES string of the molecule is COC1CCCCC1(O)C1(CN)CCOCC1. The van der Waals surface area contributed by atoms with Crippen molar-refractivity contribution in [1.29, 1.82) is 0 Å². The highest BCUT2D eigenvalue weighted by atomic mass is 16.5. The Morgan fingerprint density at radius 2 is 2.00 bits per heavy atom. The molecule has 0 amide bonds. The van der Waals surface area contributed by atoms with Gasteiger partial charge in [-0.15, -0.1) is 0 Å². The van der Waals surface area contributed by atoms with Crippen LogP contribution in [0.1, 0.15) is 38.5 Å². The van der Waals surface area contributed by atoms with E-state index in [1.54, 1.807) is 7.11 Å². The van der Waals surface area contributed by atoms with Crippen LogP contribution in [0.15, 0.2) is 0 Å². The van der Waals surface area contributed by atoms with Gasteiger partial charge in [-0.3, -0.25) is 0 Å². The van der Waals surface area contributed by atoms with Crippen LogP contribution in [0.2, 0.25) is 0 Å². The van der Waals surface area contributed by atoms with Gasteiger partial charge in [-0.2, -0.15) is 0 Å². The lowest BCUT2D eigenvalue weighted by molar-refractivity contribution is -0.207. The molecule has 0 spiro atoms. The number of ether oxygens (including phenoxy) is 2. The topological polar surface area (TPSA) is 64.7 Å². The summed E-state index contributed by atoms with van der Waals surface area (Å²) in [6, 6.07) is 0. The molecule has 2 unspecified atom stereocenters. The summed E-state index contributed by atoms with van der Waals surface area (Å²) in [4.78, 5) is 0. The Morgan fingerprint density at radius 3 is 2.59 bits per heavy atom. The lowest BCUT2D eigenvalue weighted by Crippen LogP contribution is -2.62. The molecular formula is C13H25NO3. The van der Waals surface area contributed by atoms with Crippen molar-refractivity contribution in [3.8, 4) is 0 Å². The standard InChI is InChI=1S/C13H25NO3/c1-16-11-4-2-3-5-13(11,15)12(10-14)6-8-17-9-7-12/h11,15H,2-10,14H2,1H3. The van der Waals surface area contributed by atoms with Gasteiger partial charge >= 0.3 is 0 Å². The van der Waals surface area contributed by atoms with Crippen LogP contribution < -0.4 is 5.73 Å². The van der Waals surface area contributed by atoms with Gasteiger partial charge in [0.05, 0.1) is 11.7 Å². The molecule has 3 N–H and O–H groups in total. The highest BCUT2D eigenvalue weighted by molar-refractivity contribution is 5.06. The van der Waals surface area contributed by atoms with Gasteiger partial charge in [0, 0.05) is 32.3 Å². The maximum absolute atomic E-state index is 11.1.